The van der Waals surface area contributed by atoms with Crippen molar-refractivity contribution >= 4 is 16.8 Å². The van der Waals surface area contributed by atoms with E-state index < -0.39 is 5.92 Å². The summed E-state index contributed by atoms with van der Waals surface area (Å²) in [6.45, 7) is 0. The van der Waals surface area contributed by atoms with Crippen LogP contribution >= 0.6 is 0 Å². The smallest absolute Gasteiger partial charge is 0.251 e. The van der Waals surface area contributed by atoms with Crippen molar-refractivity contribution in [1.29, 1.82) is 0 Å². The van der Waals surface area contributed by atoms with E-state index in [-0.39, 0.29) is 24.8 Å². The fraction of sp³-hybridized carbons (Fsp3) is 0.400. The van der Waals surface area contributed by atoms with Crippen LogP contribution in [0.2, 0.25) is 0 Å². The zero-order chi connectivity index (χ0) is 14.2. The Kier molecular flexibility index (Phi) is 3.20. The third-order valence-electron chi connectivity index (χ3n) is 3.87. The molecule has 1 heterocycles. The first-order chi connectivity index (χ1) is 9.53. The molecule has 2 aromatic rings. The predicted octanol–water partition coefficient (Wildman–Crippen LogP) is 3.48. The minimum absolute atomic E-state index is 0.145. The van der Waals surface area contributed by atoms with Crippen LogP contribution in [0.25, 0.3) is 10.9 Å². The Balaban J connectivity index is 1.67. The Labute approximate surface area is 115 Å². The summed E-state index contributed by atoms with van der Waals surface area (Å²) in [6, 6.07) is 7.18. The molecule has 0 atom stereocenters. The number of alkyl halides is 2. The van der Waals surface area contributed by atoms with E-state index in [1.54, 1.807) is 12.1 Å². The second kappa shape index (κ2) is 4.89. The minimum atomic E-state index is -2.57. The number of H-pyrrole nitrogens is 1. The zero-order valence-corrected chi connectivity index (χ0v) is 11.0. The normalized spacial score (nSPS) is 19.1. The first-order valence-corrected chi connectivity index (χ1v) is 6.79. The molecule has 0 saturated heterocycles. The Morgan fingerprint density at radius 3 is 2.75 bits per heavy atom. The van der Waals surface area contributed by atoms with E-state index in [2.05, 4.69) is 10.3 Å². The molecule has 3 nitrogen and oxygen atoms in total. The molecular formula is C15H16F2N2O. The molecule has 20 heavy (non-hydrogen) atoms. The second-order valence-electron chi connectivity index (χ2n) is 5.38. The number of aromatic nitrogens is 1. The highest BCUT2D eigenvalue weighted by Crippen LogP contribution is 2.33. The van der Waals surface area contributed by atoms with Gasteiger partial charge >= 0.3 is 0 Å². The van der Waals surface area contributed by atoms with Crippen LogP contribution in [0, 0.1) is 0 Å². The number of carbonyl (C=O) groups is 1. The number of fused-ring (bicyclic) bond motifs is 1. The fourth-order valence-corrected chi connectivity index (χ4v) is 2.64. The molecule has 1 aliphatic rings. The number of hydrogen-bond donors (Lipinski definition) is 2. The van der Waals surface area contributed by atoms with Gasteiger partial charge in [0.15, 0.2) is 0 Å². The highest BCUT2D eigenvalue weighted by atomic mass is 19.3. The molecule has 106 valence electrons. The molecule has 0 radical (unpaired) electrons. The lowest BCUT2D eigenvalue weighted by molar-refractivity contribution is -0.0399. The van der Waals surface area contributed by atoms with Crippen LogP contribution in [0.4, 0.5) is 8.78 Å². The van der Waals surface area contributed by atoms with Crippen molar-refractivity contribution in [3.63, 3.8) is 0 Å². The SMILES string of the molecule is O=C(NC1CCC(F)(F)CC1)c1ccc2cc[nH]c2c1. The Bertz CT molecular complexity index is 626. The van der Waals surface area contributed by atoms with Crippen molar-refractivity contribution in [2.75, 3.05) is 0 Å². The number of carbonyl (C=O) groups excluding carboxylic acids is 1. The van der Waals surface area contributed by atoms with Gasteiger partial charge in [-0.05, 0) is 36.4 Å². The largest absolute Gasteiger partial charge is 0.361 e. The molecule has 1 amide bonds. The maximum atomic E-state index is 13.1. The van der Waals surface area contributed by atoms with Gasteiger partial charge in [0.1, 0.15) is 0 Å². The number of benzene rings is 1. The van der Waals surface area contributed by atoms with Gasteiger partial charge in [-0.2, -0.15) is 0 Å². The molecule has 0 aliphatic heterocycles. The second-order valence-corrected chi connectivity index (χ2v) is 5.38. The van der Waals surface area contributed by atoms with Gasteiger partial charge in [0.05, 0.1) is 0 Å². The van der Waals surface area contributed by atoms with Crippen LogP contribution in [0.3, 0.4) is 0 Å². The number of hydrogen-bond acceptors (Lipinski definition) is 1. The molecular weight excluding hydrogens is 262 g/mol. The van der Waals surface area contributed by atoms with Crippen LogP contribution in [0.1, 0.15) is 36.0 Å². The van der Waals surface area contributed by atoms with Gasteiger partial charge in [-0.3, -0.25) is 4.79 Å². The van der Waals surface area contributed by atoms with Crippen molar-refractivity contribution in [1.82, 2.24) is 10.3 Å². The van der Waals surface area contributed by atoms with E-state index in [4.69, 9.17) is 0 Å². The number of aromatic amines is 1. The zero-order valence-electron chi connectivity index (χ0n) is 11.0. The summed E-state index contributed by atoms with van der Waals surface area (Å²) in [5.41, 5.74) is 1.45. The molecule has 0 bridgehead atoms. The van der Waals surface area contributed by atoms with E-state index in [1.165, 1.54) is 0 Å². The van der Waals surface area contributed by atoms with Gasteiger partial charge in [-0.15, -0.1) is 0 Å². The quantitative estimate of drug-likeness (QED) is 0.868. The molecule has 1 saturated carbocycles. The third kappa shape index (κ3) is 2.66. The lowest BCUT2D eigenvalue weighted by Gasteiger charge is -2.28. The lowest BCUT2D eigenvalue weighted by atomic mass is 9.92. The Morgan fingerprint density at radius 1 is 1.25 bits per heavy atom. The molecule has 3 rings (SSSR count). The topological polar surface area (TPSA) is 44.9 Å². The van der Waals surface area contributed by atoms with Gasteiger partial charge in [-0.1, -0.05) is 6.07 Å². The first kappa shape index (κ1) is 13.1. The summed E-state index contributed by atoms with van der Waals surface area (Å²) < 4.78 is 26.1. The van der Waals surface area contributed by atoms with Crippen molar-refractivity contribution < 1.29 is 13.6 Å². The van der Waals surface area contributed by atoms with E-state index in [9.17, 15) is 13.6 Å². The maximum Gasteiger partial charge on any atom is 0.251 e. The van der Waals surface area contributed by atoms with Crippen molar-refractivity contribution in [2.45, 2.75) is 37.6 Å². The van der Waals surface area contributed by atoms with Crippen molar-refractivity contribution in [2.24, 2.45) is 0 Å². The molecule has 0 spiro atoms. The highest BCUT2D eigenvalue weighted by molar-refractivity contribution is 5.98. The molecule has 2 N–H and O–H groups in total. The first-order valence-electron chi connectivity index (χ1n) is 6.79. The van der Waals surface area contributed by atoms with Crippen molar-refractivity contribution in [3.8, 4) is 0 Å². The van der Waals surface area contributed by atoms with Gasteiger partial charge < -0.3 is 10.3 Å². The number of nitrogens with one attached hydrogen (secondary N) is 2. The van der Waals surface area contributed by atoms with Gasteiger partial charge in [0.2, 0.25) is 5.92 Å². The van der Waals surface area contributed by atoms with Crippen molar-refractivity contribution in [3.05, 3.63) is 36.0 Å². The fourth-order valence-electron chi connectivity index (χ4n) is 2.64. The Hall–Kier alpha value is -1.91. The predicted molar refractivity (Wildman–Crippen MR) is 73.0 cm³/mol. The van der Waals surface area contributed by atoms with Crippen LogP contribution in [0.5, 0.6) is 0 Å². The number of rotatable bonds is 2. The third-order valence-corrected chi connectivity index (χ3v) is 3.87. The summed E-state index contributed by atoms with van der Waals surface area (Å²) in [6.07, 6.45) is 2.20. The summed E-state index contributed by atoms with van der Waals surface area (Å²) in [5.74, 6) is -2.76. The van der Waals surface area contributed by atoms with Gasteiger partial charge in [0.25, 0.3) is 5.91 Å². The van der Waals surface area contributed by atoms with E-state index in [0.29, 0.717) is 18.4 Å². The Morgan fingerprint density at radius 2 is 2.00 bits per heavy atom. The van der Waals surface area contributed by atoms with Crippen LogP contribution in [-0.2, 0) is 0 Å². The molecule has 1 fully saturated rings. The van der Waals surface area contributed by atoms with Gasteiger partial charge in [0, 0.05) is 36.2 Å². The summed E-state index contributed by atoms with van der Waals surface area (Å²) in [7, 11) is 0. The van der Waals surface area contributed by atoms with E-state index >= 15 is 0 Å². The lowest BCUT2D eigenvalue weighted by Crippen LogP contribution is -2.40. The monoisotopic (exact) mass is 278 g/mol. The summed E-state index contributed by atoms with van der Waals surface area (Å²) in [4.78, 5) is 15.2. The summed E-state index contributed by atoms with van der Waals surface area (Å²) in [5, 5.41) is 3.88. The van der Waals surface area contributed by atoms with E-state index in [0.717, 1.165) is 10.9 Å². The van der Waals surface area contributed by atoms with Gasteiger partial charge in [-0.25, -0.2) is 8.78 Å². The van der Waals surface area contributed by atoms with Crippen LogP contribution < -0.4 is 5.32 Å². The average molecular weight is 278 g/mol. The van der Waals surface area contributed by atoms with E-state index in [1.807, 2.05) is 18.3 Å². The minimum Gasteiger partial charge on any atom is -0.361 e. The standard InChI is InChI=1S/C15H16F2N2O/c16-15(17)6-3-12(4-7-15)19-14(20)11-2-1-10-5-8-18-13(10)9-11/h1-2,5,8-9,12,18H,3-4,6-7H2,(H,19,20). The maximum absolute atomic E-state index is 13.1. The summed E-state index contributed by atoms with van der Waals surface area (Å²) >= 11 is 0. The molecule has 0 unspecified atom stereocenters. The van der Waals surface area contributed by atoms with Crippen LogP contribution in [-0.4, -0.2) is 22.9 Å². The molecule has 1 aliphatic carbocycles. The average Bonchev–Trinajstić information content (AvgIpc) is 2.88. The molecule has 5 heteroatoms. The highest BCUT2D eigenvalue weighted by Gasteiger charge is 2.35. The number of amides is 1. The van der Waals surface area contributed by atoms with Crippen LogP contribution in [0.15, 0.2) is 30.5 Å². The number of halogens is 2. The molecule has 1 aromatic carbocycles. The molecule has 1 aromatic heterocycles.